The molecule has 0 fully saturated rings. The molecule has 2 heterocycles. The van der Waals surface area contributed by atoms with Crippen molar-refractivity contribution in [1.82, 2.24) is 20.1 Å². The number of carbonyl (C=O) groups excluding carboxylic acids is 1. The van der Waals surface area contributed by atoms with E-state index in [2.05, 4.69) is 20.5 Å². The molecule has 0 aliphatic carbocycles. The van der Waals surface area contributed by atoms with Crippen molar-refractivity contribution in [2.45, 2.75) is 6.42 Å². The van der Waals surface area contributed by atoms with Gasteiger partial charge in [-0.05, 0) is 42.0 Å². The van der Waals surface area contributed by atoms with E-state index in [9.17, 15) is 21.6 Å². The number of hydrogen-bond acceptors (Lipinski definition) is 9. The summed E-state index contributed by atoms with van der Waals surface area (Å²) in [5.41, 5.74) is 1.57. The first-order chi connectivity index (χ1) is 17.9. The molecular formula is C23H20ClN5O7S2. The molecule has 0 bridgehead atoms. The molecule has 0 radical (unpaired) electrons. The summed E-state index contributed by atoms with van der Waals surface area (Å²) in [6.07, 6.45) is 1.49. The maximum absolute atomic E-state index is 12.8. The van der Waals surface area contributed by atoms with Crippen LogP contribution in [-0.4, -0.2) is 63.7 Å². The van der Waals surface area contributed by atoms with Crippen molar-refractivity contribution < 1.29 is 30.7 Å². The third-order valence-electron chi connectivity index (χ3n) is 5.21. The maximum atomic E-state index is 12.8. The number of nitrogens with one attached hydrogen (secondary N) is 1. The molecule has 2 aromatic carbocycles. The zero-order valence-electron chi connectivity index (χ0n) is 19.4. The van der Waals surface area contributed by atoms with Crippen molar-refractivity contribution in [3.05, 3.63) is 88.8 Å². The second-order valence-corrected chi connectivity index (χ2v) is 11.4. The van der Waals surface area contributed by atoms with Gasteiger partial charge in [0.25, 0.3) is 26.1 Å². The molecule has 0 aliphatic heterocycles. The van der Waals surface area contributed by atoms with Gasteiger partial charge in [0.2, 0.25) is 0 Å². The number of benzene rings is 2. The molecule has 0 unspecified atom stereocenters. The summed E-state index contributed by atoms with van der Waals surface area (Å²) in [6.45, 7) is 0. The van der Waals surface area contributed by atoms with Crippen molar-refractivity contribution >= 4 is 60.0 Å². The van der Waals surface area contributed by atoms with Gasteiger partial charge < -0.3 is 10.2 Å². The van der Waals surface area contributed by atoms with Gasteiger partial charge in [0.1, 0.15) is 17.4 Å². The van der Waals surface area contributed by atoms with Gasteiger partial charge in [-0.3, -0.25) is 18.9 Å². The lowest BCUT2D eigenvalue weighted by Gasteiger charge is -2.19. The monoisotopic (exact) mass is 577 g/mol. The van der Waals surface area contributed by atoms with Crippen LogP contribution in [0, 0.1) is 0 Å². The number of pyridine rings is 1. The van der Waals surface area contributed by atoms with Crippen molar-refractivity contribution in [3.8, 4) is 0 Å². The highest BCUT2D eigenvalue weighted by Gasteiger charge is 2.26. The Labute approximate surface area is 222 Å². The smallest absolute Gasteiger partial charge is 0.283 e. The number of amides is 1. The molecule has 198 valence electrons. The molecule has 1 amide bonds. The Morgan fingerprint density at radius 1 is 0.895 bits per heavy atom. The third-order valence-corrected chi connectivity index (χ3v) is 6.74. The summed E-state index contributed by atoms with van der Waals surface area (Å²) in [4.78, 5) is 17.0. The molecule has 2 aromatic heterocycles. The standard InChI is InChI=1S/C23H20ClN5O7S2/c24-16-5-7-17(8-6-16)26-22-19-4-2-1-3-18(19)20(27-28-22)11-15-9-10-25-21(12-15)23(30)29(13-37(31,32)33)14-38(34,35)36/h1-10,12H,11,13-14H2,(H,26,28)(H,31,32,33)(H,34,35,36). The number of halogens is 1. The highest BCUT2D eigenvalue weighted by atomic mass is 35.5. The molecule has 0 saturated carbocycles. The average molecular weight is 578 g/mol. The van der Waals surface area contributed by atoms with E-state index in [0.717, 1.165) is 16.5 Å². The van der Waals surface area contributed by atoms with Gasteiger partial charge in [-0.1, -0.05) is 35.9 Å². The van der Waals surface area contributed by atoms with Crippen molar-refractivity contribution in [3.63, 3.8) is 0 Å². The fraction of sp³-hybridized carbons (Fsp3) is 0.130. The Bertz CT molecular complexity index is 1680. The minimum Gasteiger partial charge on any atom is -0.338 e. The van der Waals surface area contributed by atoms with E-state index >= 15 is 0 Å². The molecule has 4 aromatic rings. The van der Waals surface area contributed by atoms with Crippen LogP contribution in [0.5, 0.6) is 0 Å². The Kier molecular flexibility index (Phi) is 7.89. The number of hydrogen-bond donors (Lipinski definition) is 3. The number of rotatable bonds is 9. The first-order valence-corrected chi connectivity index (χ1v) is 14.4. The first-order valence-electron chi connectivity index (χ1n) is 10.8. The minimum atomic E-state index is -4.79. The summed E-state index contributed by atoms with van der Waals surface area (Å²) in [7, 11) is -9.58. The van der Waals surface area contributed by atoms with Gasteiger partial charge in [0.15, 0.2) is 5.82 Å². The lowest BCUT2D eigenvalue weighted by Crippen LogP contribution is -2.39. The molecule has 0 spiro atoms. The maximum Gasteiger partial charge on any atom is 0.283 e. The van der Waals surface area contributed by atoms with E-state index in [1.54, 1.807) is 30.3 Å². The topological polar surface area (TPSA) is 180 Å². The van der Waals surface area contributed by atoms with Gasteiger partial charge in [0, 0.05) is 34.1 Å². The Morgan fingerprint density at radius 3 is 2.16 bits per heavy atom. The zero-order chi connectivity index (χ0) is 27.5. The van der Waals surface area contributed by atoms with Crippen molar-refractivity contribution in [1.29, 1.82) is 0 Å². The van der Waals surface area contributed by atoms with E-state index in [1.807, 2.05) is 24.3 Å². The fourth-order valence-corrected chi connectivity index (χ4v) is 5.10. The van der Waals surface area contributed by atoms with Crippen LogP contribution in [-0.2, 0) is 26.7 Å². The zero-order valence-corrected chi connectivity index (χ0v) is 21.8. The first kappa shape index (κ1) is 27.3. The molecule has 3 N–H and O–H groups in total. The van der Waals surface area contributed by atoms with E-state index in [-0.39, 0.29) is 17.0 Å². The van der Waals surface area contributed by atoms with Gasteiger partial charge in [0.05, 0.1) is 5.69 Å². The second-order valence-electron chi connectivity index (χ2n) is 8.17. The largest absolute Gasteiger partial charge is 0.338 e. The van der Waals surface area contributed by atoms with Crippen LogP contribution < -0.4 is 5.32 Å². The van der Waals surface area contributed by atoms with Crippen LogP contribution in [0.15, 0.2) is 66.9 Å². The number of aromatic nitrogens is 3. The lowest BCUT2D eigenvalue weighted by molar-refractivity contribution is 0.0795. The third kappa shape index (κ3) is 7.20. The van der Waals surface area contributed by atoms with Crippen LogP contribution in [0.2, 0.25) is 5.02 Å². The highest BCUT2D eigenvalue weighted by Crippen LogP contribution is 2.27. The van der Waals surface area contributed by atoms with Crippen LogP contribution in [0.4, 0.5) is 11.5 Å². The Morgan fingerprint density at radius 2 is 1.53 bits per heavy atom. The minimum absolute atomic E-state index is 0.203. The average Bonchev–Trinajstić information content (AvgIpc) is 2.84. The molecule has 12 nitrogen and oxygen atoms in total. The molecule has 15 heteroatoms. The SMILES string of the molecule is O=C(c1cc(Cc2nnc(Nc3ccc(Cl)cc3)c3ccccc23)ccn1)N(CS(=O)(=O)O)CS(=O)(=O)O. The summed E-state index contributed by atoms with van der Waals surface area (Å²) in [5, 5.41) is 14.0. The predicted molar refractivity (Wildman–Crippen MR) is 140 cm³/mol. The number of carbonyl (C=O) groups is 1. The Balaban J connectivity index is 1.63. The van der Waals surface area contributed by atoms with Crippen LogP contribution in [0.3, 0.4) is 0 Å². The summed E-state index contributed by atoms with van der Waals surface area (Å²) in [5.74, 6) is -3.31. The van der Waals surface area contributed by atoms with Crippen LogP contribution in [0.1, 0.15) is 21.7 Å². The second kappa shape index (κ2) is 11.0. The number of fused-ring (bicyclic) bond motifs is 1. The van der Waals surface area contributed by atoms with Crippen molar-refractivity contribution in [2.24, 2.45) is 0 Å². The lowest BCUT2D eigenvalue weighted by atomic mass is 10.0. The van der Waals surface area contributed by atoms with Gasteiger partial charge in [-0.15, -0.1) is 5.10 Å². The summed E-state index contributed by atoms with van der Waals surface area (Å²) < 4.78 is 63.4. The van der Waals surface area contributed by atoms with Crippen molar-refractivity contribution in [2.75, 3.05) is 17.1 Å². The Hall–Kier alpha value is -3.69. The van der Waals surface area contributed by atoms with E-state index in [1.165, 1.54) is 12.3 Å². The molecular weight excluding hydrogens is 558 g/mol. The molecule has 38 heavy (non-hydrogen) atoms. The van der Waals surface area contributed by atoms with E-state index in [0.29, 0.717) is 22.1 Å². The van der Waals surface area contributed by atoms with Gasteiger partial charge in [-0.2, -0.15) is 21.9 Å². The summed E-state index contributed by atoms with van der Waals surface area (Å²) >= 11 is 5.95. The molecule has 0 aliphatic rings. The van der Waals surface area contributed by atoms with Gasteiger partial charge in [-0.25, -0.2) is 0 Å². The van der Waals surface area contributed by atoms with E-state index in [4.69, 9.17) is 20.7 Å². The number of anilines is 2. The normalized spacial score (nSPS) is 11.9. The van der Waals surface area contributed by atoms with E-state index < -0.39 is 37.9 Å². The quantitative estimate of drug-likeness (QED) is 0.249. The fourth-order valence-electron chi connectivity index (χ4n) is 3.66. The summed E-state index contributed by atoms with van der Waals surface area (Å²) in [6, 6.07) is 17.4. The molecule has 0 saturated heterocycles. The van der Waals surface area contributed by atoms with Crippen LogP contribution >= 0.6 is 11.6 Å². The number of nitrogens with zero attached hydrogens (tertiary/aromatic N) is 4. The van der Waals surface area contributed by atoms with Crippen LogP contribution in [0.25, 0.3) is 10.8 Å². The highest BCUT2D eigenvalue weighted by molar-refractivity contribution is 7.86. The molecule has 4 rings (SSSR count). The van der Waals surface area contributed by atoms with Gasteiger partial charge >= 0.3 is 0 Å². The molecule has 0 atom stereocenters. The predicted octanol–water partition coefficient (Wildman–Crippen LogP) is 3.15.